The zero-order valence-corrected chi connectivity index (χ0v) is 17.5. The second-order valence-corrected chi connectivity index (χ2v) is 7.28. The molecule has 0 radical (unpaired) electrons. The third-order valence-electron chi connectivity index (χ3n) is 4.98. The lowest BCUT2D eigenvalue weighted by atomic mass is 10.1. The van der Waals surface area contributed by atoms with Crippen LogP contribution in [0.3, 0.4) is 0 Å². The zero-order chi connectivity index (χ0) is 22.1. The van der Waals surface area contributed by atoms with E-state index >= 15 is 0 Å². The predicted octanol–water partition coefficient (Wildman–Crippen LogP) is 4.24. The number of ether oxygens (including phenoxy) is 1. The molecular formula is C23H26N4O4. The Kier molecular flexibility index (Phi) is 7.75. The molecule has 8 nitrogen and oxygen atoms in total. The van der Waals surface area contributed by atoms with Crippen LogP contribution in [0.25, 0.3) is 11.3 Å². The molecule has 0 spiro atoms. The number of nitro benzene ring substituents is 1. The average molecular weight is 422 g/mol. The van der Waals surface area contributed by atoms with Crippen molar-refractivity contribution in [2.24, 2.45) is 0 Å². The number of aromatic nitrogens is 2. The smallest absolute Gasteiger partial charge is 0.310 e. The first-order valence-corrected chi connectivity index (χ1v) is 10.2. The summed E-state index contributed by atoms with van der Waals surface area (Å²) in [5.74, 6) is -0.108. The van der Waals surface area contributed by atoms with Gasteiger partial charge in [-0.1, -0.05) is 48.9 Å². The summed E-state index contributed by atoms with van der Waals surface area (Å²) in [6, 6.07) is 18.2. The highest BCUT2D eigenvalue weighted by Gasteiger charge is 2.16. The monoisotopic (exact) mass is 422 g/mol. The van der Waals surface area contributed by atoms with Crippen molar-refractivity contribution in [1.82, 2.24) is 15.1 Å². The maximum atomic E-state index is 12.2. The van der Waals surface area contributed by atoms with Crippen LogP contribution in [-0.2, 0) is 11.2 Å². The van der Waals surface area contributed by atoms with Crippen LogP contribution in [0, 0.1) is 10.1 Å². The highest BCUT2D eigenvalue weighted by atomic mass is 16.6. The van der Waals surface area contributed by atoms with Crippen molar-refractivity contribution in [3.8, 4) is 17.0 Å². The molecule has 0 fully saturated rings. The van der Waals surface area contributed by atoms with E-state index < -0.39 is 4.92 Å². The van der Waals surface area contributed by atoms with Gasteiger partial charge in [0.1, 0.15) is 0 Å². The van der Waals surface area contributed by atoms with E-state index in [1.54, 1.807) is 24.1 Å². The molecule has 0 unspecified atom stereocenters. The van der Waals surface area contributed by atoms with Crippen LogP contribution in [0.5, 0.6) is 5.75 Å². The summed E-state index contributed by atoms with van der Waals surface area (Å²) in [7, 11) is 1.71. The first kappa shape index (κ1) is 22.0. The third kappa shape index (κ3) is 6.40. The van der Waals surface area contributed by atoms with E-state index in [1.165, 1.54) is 12.1 Å². The van der Waals surface area contributed by atoms with E-state index in [4.69, 9.17) is 4.74 Å². The number of H-pyrrole nitrogens is 1. The molecule has 1 aromatic heterocycles. The number of unbranched alkanes of at least 4 members (excludes halogenated alkanes) is 2. The third-order valence-corrected chi connectivity index (χ3v) is 4.98. The molecule has 0 aliphatic heterocycles. The predicted molar refractivity (Wildman–Crippen MR) is 118 cm³/mol. The number of nitrogens with zero attached hydrogens (tertiary/aromatic N) is 3. The summed E-state index contributed by atoms with van der Waals surface area (Å²) in [5, 5.41) is 18.5. The summed E-state index contributed by atoms with van der Waals surface area (Å²) in [6.45, 7) is 0.384. The molecular weight excluding hydrogens is 396 g/mol. The van der Waals surface area contributed by atoms with Gasteiger partial charge in [-0.2, -0.15) is 5.10 Å². The Bertz CT molecular complexity index is 1000. The number of hydrogen-bond donors (Lipinski definition) is 1. The number of carbonyl (C=O) groups is 1. The fourth-order valence-corrected chi connectivity index (χ4v) is 3.19. The molecule has 0 saturated carbocycles. The van der Waals surface area contributed by atoms with Crippen LogP contribution < -0.4 is 4.74 Å². The molecule has 1 heterocycles. The van der Waals surface area contributed by atoms with Crippen LogP contribution in [0.4, 0.5) is 5.69 Å². The summed E-state index contributed by atoms with van der Waals surface area (Å²) in [4.78, 5) is 24.3. The Morgan fingerprint density at radius 3 is 2.61 bits per heavy atom. The number of aryl methyl sites for hydroxylation is 1. The summed E-state index contributed by atoms with van der Waals surface area (Å²) in [5.41, 5.74) is 2.99. The van der Waals surface area contributed by atoms with Crippen molar-refractivity contribution < 1.29 is 14.5 Å². The largest absolute Gasteiger partial charge is 0.477 e. The number of likely N-dealkylation sites (N-methyl/N-ethyl adjacent to an activating group) is 1. The van der Waals surface area contributed by atoms with E-state index in [9.17, 15) is 14.9 Å². The van der Waals surface area contributed by atoms with Gasteiger partial charge in [0.05, 0.1) is 10.6 Å². The molecule has 31 heavy (non-hydrogen) atoms. The van der Waals surface area contributed by atoms with Gasteiger partial charge in [-0.25, -0.2) is 0 Å². The number of carbonyl (C=O) groups excluding carboxylic acids is 1. The molecule has 3 rings (SSSR count). The number of rotatable bonds is 11. The minimum atomic E-state index is -0.522. The van der Waals surface area contributed by atoms with E-state index in [0.717, 1.165) is 42.6 Å². The van der Waals surface area contributed by atoms with Crippen LogP contribution in [-0.4, -0.2) is 46.1 Å². The van der Waals surface area contributed by atoms with Crippen molar-refractivity contribution in [2.75, 3.05) is 20.2 Å². The number of nitro groups is 1. The normalized spacial score (nSPS) is 10.6. The van der Waals surface area contributed by atoms with E-state index in [0.29, 0.717) is 6.54 Å². The molecule has 1 N–H and O–H groups in total. The number of amides is 1. The first-order valence-electron chi connectivity index (χ1n) is 10.2. The molecule has 1 amide bonds. The Hall–Kier alpha value is -3.68. The van der Waals surface area contributed by atoms with Gasteiger partial charge in [-0.3, -0.25) is 20.0 Å². The van der Waals surface area contributed by atoms with Gasteiger partial charge in [0.25, 0.3) is 5.91 Å². The highest BCUT2D eigenvalue weighted by Crippen LogP contribution is 2.25. The van der Waals surface area contributed by atoms with E-state index in [1.807, 2.05) is 30.3 Å². The molecule has 2 aromatic carbocycles. The maximum Gasteiger partial charge on any atom is 0.310 e. The van der Waals surface area contributed by atoms with Gasteiger partial charge >= 0.3 is 5.69 Å². The SMILES string of the molecule is CN(CCCCCc1cc(-c2ccccc2)n[nH]1)C(=O)COc1ccccc1[N+](=O)[O-]. The van der Waals surface area contributed by atoms with Crippen LogP contribution in [0.2, 0.25) is 0 Å². The topological polar surface area (TPSA) is 101 Å². The molecule has 0 bridgehead atoms. The van der Waals surface area contributed by atoms with Crippen molar-refractivity contribution >= 4 is 11.6 Å². The van der Waals surface area contributed by atoms with Gasteiger partial charge in [0.15, 0.2) is 12.4 Å². The lowest BCUT2D eigenvalue weighted by molar-refractivity contribution is -0.385. The minimum absolute atomic E-state index is 0.101. The Morgan fingerprint density at radius 2 is 1.84 bits per heavy atom. The lowest BCUT2D eigenvalue weighted by Gasteiger charge is -2.17. The fraction of sp³-hybridized carbons (Fsp3) is 0.304. The highest BCUT2D eigenvalue weighted by molar-refractivity contribution is 5.77. The Labute approximate surface area is 181 Å². The molecule has 162 valence electrons. The summed E-state index contributed by atoms with van der Waals surface area (Å²) < 4.78 is 5.36. The average Bonchev–Trinajstić information content (AvgIpc) is 3.26. The molecule has 0 aliphatic carbocycles. The Morgan fingerprint density at radius 1 is 1.10 bits per heavy atom. The first-order chi connectivity index (χ1) is 15.0. The van der Waals surface area contributed by atoms with Crippen molar-refractivity contribution in [3.05, 3.63) is 76.5 Å². The molecule has 8 heteroatoms. The Balaban J connectivity index is 1.35. The summed E-state index contributed by atoms with van der Waals surface area (Å²) in [6.07, 6.45) is 3.74. The van der Waals surface area contributed by atoms with Gasteiger partial charge in [0, 0.05) is 30.9 Å². The number of para-hydroxylation sites is 2. The second-order valence-electron chi connectivity index (χ2n) is 7.28. The van der Waals surface area contributed by atoms with Crippen molar-refractivity contribution in [1.29, 1.82) is 0 Å². The van der Waals surface area contributed by atoms with Gasteiger partial charge in [-0.05, 0) is 31.4 Å². The lowest BCUT2D eigenvalue weighted by Crippen LogP contribution is -2.32. The van der Waals surface area contributed by atoms with E-state index in [2.05, 4.69) is 16.3 Å². The van der Waals surface area contributed by atoms with Gasteiger partial charge < -0.3 is 9.64 Å². The van der Waals surface area contributed by atoms with Crippen LogP contribution in [0.1, 0.15) is 25.0 Å². The number of nitrogens with one attached hydrogen (secondary N) is 1. The zero-order valence-electron chi connectivity index (χ0n) is 17.5. The summed E-state index contributed by atoms with van der Waals surface area (Å²) >= 11 is 0. The van der Waals surface area contributed by atoms with Crippen molar-refractivity contribution in [3.63, 3.8) is 0 Å². The standard InChI is InChI=1S/C23H26N4O4/c1-26(23(28)17-31-22-14-8-7-13-21(22)27(29)30)15-9-3-6-12-19-16-20(25-24-19)18-10-4-2-5-11-18/h2,4-5,7-8,10-11,13-14,16H,3,6,9,12,15,17H2,1H3,(H,24,25). The number of benzene rings is 2. The quantitative estimate of drug-likeness (QED) is 0.283. The minimum Gasteiger partial charge on any atom is -0.477 e. The van der Waals surface area contributed by atoms with Crippen LogP contribution >= 0.6 is 0 Å². The molecule has 0 atom stereocenters. The van der Waals surface area contributed by atoms with E-state index in [-0.39, 0.29) is 24.0 Å². The molecule has 0 aliphatic rings. The van der Waals surface area contributed by atoms with Gasteiger partial charge in [0.2, 0.25) is 0 Å². The fourth-order valence-electron chi connectivity index (χ4n) is 3.19. The molecule has 3 aromatic rings. The molecule has 0 saturated heterocycles. The number of hydrogen-bond acceptors (Lipinski definition) is 5. The van der Waals surface area contributed by atoms with Crippen molar-refractivity contribution in [2.45, 2.75) is 25.7 Å². The van der Waals surface area contributed by atoms with Gasteiger partial charge in [-0.15, -0.1) is 0 Å². The maximum absolute atomic E-state index is 12.2. The number of aromatic amines is 1. The second kappa shape index (κ2) is 10.9. The van der Waals surface area contributed by atoms with Crippen LogP contribution in [0.15, 0.2) is 60.7 Å².